The number of hydrogen-bond acceptors (Lipinski definition) is 6. The number of hydrogen-bond donors (Lipinski definition) is 1. The van der Waals surface area contributed by atoms with Crippen LogP contribution in [0.3, 0.4) is 0 Å². The molecular weight excluding hydrogens is 336 g/mol. The summed E-state index contributed by atoms with van der Waals surface area (Å²) in [4.78, 5) is 25.3. The standard InChI is InChI=1S/C20H20O6/c1-18-8-13(11-6-7-24-10-11)25-17(22)20(18,23)9-15-19(2)12(16(21)26-15)4-3-5-14(18)19/h3-7,10,13-15,23H,8-9H2,1-2H3. The molecule has 0 radical (unpaired) electrons. The van der Waals surface area contributed by atoms with Crippen LogP contribution in [0.15, 0.2) is 46.8 Å². The second kappa shape index (κ2) is 4.68. The van der Waals surface area contributed by atoms with Crippen molar-refractivity contribution in [2.45, 2.75) is 44.5 Å². The molecule has 1 saturated carbocycles. The van der Waals surface area contributed by atoms with Gasteiger partial charge >= 0.3 is 11.9 Å². The Morgan fingerprint density at radius 1 is 1.19 bits per heavy atom. The predicted molar refractivity (Wildman–Crippen MR) is 88.5 cm³/mol. The van der Waals surface area contributed by atoms with Crippen molar-refractivity contribution in [3.63, 3.8) is 0 Å². The SMILES string of the molecule is CC12C3=CC=CC1C1(C)CC(c4ccoc4)OC(=O)C1(O)CC2OC3=O. The van der Waals surface area contributed by atoms with E-state index < -0.39 is 34.6 Å². The van der Waals surface area contributed by atoms with Gasteiger partial charge in [0.1, 0.15) is 12.2 Å². The number of cyclic esters (lactones) is 1. The second-order valence-electron chi connectivity index (χ2n) is 8.26. The molecule has 6 nitrogen and oxygen atoms in total. The highest BCUT2D eigenvalue weighted by Crippen LogP contribution is 2.67. The summed E-state index contributed by atoms with van der Waals surface area (Å²) in [7, 11) is 0. The van der Waals surface area contributed by atoms with E-state index in [2.05, 4.69) is 0 Å². The molecule has 0 aromatic carbocycles. The molecule has 2 saturated heterocycles. The van der Waals surface area contributed by atoms with Crippen molar-refractivity contribution in [3.05, 3.63) is 48.0 Å². The van der Waals surface area contributed by atoms with E-state index in [1.807, 2.05) is 26.0 Å². The molecule has 1 N–H and O–H groups in total. The average Bonchev–Trinajstić information content (AvgIpc) is 3.19. The third-order valence-electron chi connectivity index (χ3n) is 7.15. The molecule has 136 valence electrons. The van der Waals surface area contributed by atoms with Crippen LogP contribution in [-0.4, -0.2) is 28.8 Å². The first kappa shape index (κ1) is 15.9. The second-order valence-corrected chi connectivity index (χ2v) is 8.26. The maximum Gasteiger partial charge on any atom is 0.339 e. The van der Waals surface area contributed by atoms with Crippen LogP contribution in [0.1, 0.15) is 38.4 Å². The Balaban J connectivity index is 1.66. The molecule has 0 bridgehead atoms. The first-order valence-electron chi connectivity index (χ1n) is 8.86. The molecule has 3 fully saturated rings. The minimum atomic E-state index is -1.71. The van der Waals surface area contributed by atoms with Gasteiger partial charge in [0, 0.05) is 28.4 Å². The summed E-state index contributed by atoms with van der Waals surface area (Å²) >= 11 is 0. The normalized spacial score (nSPS) is 46.1. The molecule has 3 heterocycles. The van der Waals surface area contributed by atoms with Gasteiger partial charge in [-0.2, -0.15) is 0 Å². The largest absolute Gasteiger partial charge is 0.472 e. The van der Waals surface area contributed by atoms with Crippen LogP contribution in [-0.2, 0) is 19.1 Å². The molecule has 5 rings (SSSR count). The third-order valence-corrected chi connectivity index (χ3v) is 7.15. The highest BCUT2D eigenvalue weighted by Gasteiger charge is 2.73. The average molecular weight is 356 g/mol. The molecule has 2 aliphatic heterocycles. The summed E-state index contributed by atoms with van der Waals surface area (Å²) in [6.07, 6.45) is 8.15. The van der Waals surface area contributed by atoms with Gasteiger partial charge in [-0.15, -0.1) is 0 Å². The fourth-order valence-corrected chi connectivity index (χ4v) is 5.58. The smallest absolute Gasteiger partial charge is 0.339 e. The molecule has 1 aromatic heterocycles. The van der Waals surface area contributed by atoms with E-state index in [0.29, 0.717) is 12.0 Å². The number of fused-ring (bicyclic) bond motifs is 2. The van der Waals surface area contributed by atoms with Gasteiger partial charge in [-0.05, 0) is 18.4 Å². The molecule has 2 aliphatic carbocycles. The molecule has 0 spiro atoms. The van der Waals surface area contributed by atoms with E-state index in [1.54, 1.807) is 18.4 Å². The number of carbonyl (C=O) groups excluding carboxylic acids is 2. The van der Waals surface area contributed by atoms with Crippen LogP contribution in [0.4, 0.5) is 0 Å². The highest BCUT2D eigenvalue weighted by atomic mass is 16.6. The van der Waals surface area contributed by atoms with Crippen molar-refractivity contribution in [3.8, 4) is 0 Å². The van der Waals surface area contributed by atoms with Crippen molar-refractivity contribution in [2.75, 3.05) is 0 Å². The van der Waals surface area contributed by atoms with Crippen LogP contribution < -0.4 is 0 Å². The minimum absolute atomic E-state index is 0.0460. The van der Waals surface area contributed by atoms with Gasteiger partial charge in [0.25, 0.3) is 0 Å². The number of aliphatic hydroxyl groups is 1. The third kappa shape index (κ3) is 1.62. The number of carbonyl (C=O) groups is 2. The quantitative estimate of drug-likeness (QED) is 0.778. The number of rotatable bonds is 1. The Labute approximate surface area is 150 Å². The van der Waals surface area contributed by atoms with Crippen molar-refractivity contribution < 1.29 is 28.6 Å². The Morgan fingerprint density at radius 2 is 2.00 bits per heavy atom. The summed E-state index contributed by atoms with van der Waals surface area (Å²) in [6.45, 7) is 3.92. The van der Waals surface area contributed by atoms with Gasteiger partial charge in [-0.1, -0.05) is 32.1 Å². The lowest BCUT2D eigenvalue weighted by Gasteiger charge is -2.61. The van der Waals surface area contributed by atoms with Crippen LogP contribution >= 0.6 is 0 Å². The monoisotopic (exact) mass is 356 g/mol. The van der Waals surface area contributed by atoms with E-state index in [0.717, 1.165) is 5.56 Å². The summed E-state index contributed by atoms with van der Waals surface area (Å²) in [6, 6.07) is 1.77. The fourth-order valence-electron chi connectivity index (χ4n) is 5.58. The molecule has 0 amide bonds. The summed E-state index contributed by atoms with van der Waals surface area (Å²) in [5.74, 6) is -1.25. The van der Waals surface area contributed by atoms with Crippen molar-refractivity contribution in [1.29, 1.82) is 0 Å². The fraction of sp³-hybridized carbons (Fsp3) is 0.500. The zero-order valence-corrected chi connectivity index (χ0v) is 14.6. The number of allylic oxidation sites excluding steroid dienone is 3. The van der Waals surface area contributed by atoms with Crippen LogP contribution in [0.5, 0.6) is 0 Å². The molecule has 6 unspecified atom stereocenters. The molecule has 26 heavy (non-hydrogen) atoms. The summed E-state index contributed by atoms with van der Waals surface area (Å²) < 4.78 is 16.3. The lowest BCUT2D eigenvalue weighted by Crippen LogP contribution is -2.69. The number of ether oxygens (including phenoxy) is 2. The maximum absolute atomic E-state index is 12.9. The van der Waals surface area contributed by atoms with E-state index in [-0.39, 0.29) is 18.3 Å². The van der Waals surface area contributed by atoms with E-state index in [9.17, 15) is 14.7 Å². The van der Waals surface area contributed by atoms with Crippen LogP contribution in [0, 0.1) is 16.7 Å². The molecule has 6 heteroatoms. The Kier molecular flexibility index (Phi) is 2.86. The molecule has 1 aromatic rings. The zero-order chi connectivity index (χ0) is 18.3. The maximum atomic E-state index is 12.9. The van der Waals surface area contributed by atoms with Gasteiger partial charge in [0.05, 0.1) is 12.5 Å². The molecule has 4 aliphatic rings. The van der Waals surface area contributed by atoms with E-state index in [4.69, 9.17) is 13.9 Å². The van der Waals surface area contributed by atoms with Gasteiger partial charge in [0.2, 0.25) is 0 Å². The van der Waals surface area contributed by atoms with Crippen molar-refractivity contribution >= 4 is 11.9 Å². The van der Waals surface area contributed by atoms with Gasteiger partial charge in [-0.25, -0.2) is 9.59 Å². The van der Waals surface area contributed by atoms with Crippen molar-refractivity contribution in [1.82, 2.24) is 0 Å². The van der Waals surface area contributed by atoms with Crippen LogP contribution in [0.25, 0.3) is 0 Å². The highest BCUT2D eigenvalue weighted by molar-refractivity contribution is 5.94. The first-order chi connectivity index (χ1) is 12.3. The number of furan rings is 1. The zero-order valence-electron chi connectivity index (χ0n) is 14.6. The molecule has 6 atom stereocenters. The Morgan fingerprint density at radius 3 is 2.73 bits per heavy atom. The topological polar surface area (TPSA) is 86.0 Å². The van der Waals surface area contributed by atoms with Gasteiger partial charge in [-0.3, -0.25) is 0 Å². The van der Waals surface area contributed by atoms with E-state index in [1.165, 1.54) is 6.26 Å². The summed E-state index contributed by atoms with van der Waals surface area (Å²) in [5.41, 5.74) is -1.69. The van der Waals surface area contributed by atoms with Gasteiger partial charge in [0.15, 0.2) is 5.60 Å². The Bertz CT molecular complexity index is 867. The lowest BCUT2D eigenvalue weighted by molar-refractivity contribution is -0.247. The van der Waals surface area contributed by atoms with Gasteiger partial charge < -0.3 is 19.0 Å². The summed E-state index contributed by atoms with van der Waals surface area (Å²) in [5, 5.41) is 11.5. The predicted octanol–water partition coefficient (Wildman–Crippen LogP) is 2.45. The molecular formula is C20H20O6. The number of esters is 2. The van der Waals surface area contributed by atoms with Crippen molar-refractivity contribution in [2.24, 2.45) is 16.7 Å². The lowest BCUT2D eigenvalue weighted by atomic mass is 9.45. The first-order valence-corrected chi connectivity index (χ1v) is 8.86. The minimum Gasteiger partial charge on any atom is -0.472 e. The van der Waals surface area contributed by atoms with Crippen LogP contribution in [0.2, 0.25) is 0 Å². The van der Waals surface area contributed by atoms with E-state index >= 15 is 0 Å². The Hall–Kier alpha value is -2.34.